The van der Waals surface area contributed by atoms with Crippen LogP contribution >= 0.6 is 39.1 Å². The molecular weight excluding hydrogens is 319 g/mol. The van der Waals surface area contributed by atoms with Gasteiger partial charge >= 0.3 is 0 Å². The Labute approximate surface area is 123 Å². The molecule has 1 aromatic rings. The Morgan fingerprint density at radius 3 is 2.12 bits per heavy atom. The second-order valence-corrected chi connectivity index (χ2v) is 6.21. The monoisotopic (exact) mass is 336 g/mol. The molecule has 0 saturated heterocycles. The third-order valence-electron chi connectivity index (χ3n) is 2.99. The number of benzene rings is 1. The lowest BCUT2D eigenvalue weighted by Gasteiger charge is -2.22. The maximum absolute atomic E-state index is 6.06. The highest BCUT2D eigenvalue weighted by atomic mass is 79.9. The Balaban J connectivity index is 2.84. The first-order valence-electron chi connectivity index (χ1n) is 6.19. The molecule has 17 heavy (non-hydrogen) atoms. The third kappa shape index (κ3) is 4.46. The van der Waals surface area contributed by atoms with Crippen LogP contribution < -0.4 is 0 Å². The minimum Gasteiger partial charge on any atom is -0.0836 e. The van der Waals surface area contributed by atoms with E-state index in [4.69, 9.17) is 23.2 Å². The average Bonchev–Trinajstić information content (AvgIpc) is 2.31. The van der Waals surface area contributed by atoms with Gasteiger partial charge in [0, 0.05) is 4.83 Å². The van der Waals surface area contributed by atoms with E-state index in [2.05, 4.69) is 35.8 Å². The first-order chi connectivity index (χ1) is 8.10. The molecule has 3 heteroatoms. The summed E-state index contributed by atoms with van der Waals surface area (Å²) >= 11 is 15.8. The molecule has 1 atom stereocenters. The Bertz CT molecular complexity index is 346. The summed E-state index contributed by atoms with van der Waals surface area (Å²) in [4.78, 5) is 0.372. The average molecular weight is 338 g/mol. The van der Waals surface area contributed by atoms with Crippen LogP contribution in [0.25, 0.3) is 0 Å². The number of halogens is 3. The van der Waals surface area contributed by atoms with Crippen LogP contribution in [0.15, 0.2) is 18.2 Å². The Morgan fingerprint density at radius 2 is 1.65 bits per heavy atom. The van der Waals surface area contributed by atoms with E-state index in [0.717, 1.165) is 0 Å². The SMILES string of the molecule is CCCC(CCC)C(Br)c1ccc(Cl)c(Cl)c1. The zero-order valence-electron chi connectivity index (χ0n) is 10.3. The van der Waals surface area contributed by atoms with Gasteiger partial charge in [-0.3, -0.25) is 0 Å². The van der Waals surface area contributed by atoms with E-state index in [0.29, 0.717) is 20.8 Å². The van der Waals surface area contributed by atoms with Gasteiger partial charge in [-0.2, -0.15) is 0 Å². The second kappa shape index (κ2) is 7.66. The van der Waals surface area contributed by atoms with Crippen molar-refractivity contribution in [2.24, 2.45) is 5.92 Å². The normalized spacial score (nSPS) is 13.1. The van der Waals surface area contributed by atoms with E-state index in [1.807, 2.05) is 12.1 Å². The fourth-order valence-corrected chi connectivity index (χ4v) is 3.25. The van der Waals surface area contributed by atoms with Gasteiger partial charge < -0.3 is 0 Å². The number of alkyl halides is 1. The Morgan fingerprint density at radius 1 is 1.06 bits per heavy atom. The van der Waals surface area contributed by atoms with Crippen LogP contribution in [0.1, 0.15) is 49.9 Å². The molecule has 0 spiro atoms. The van der Waals surface area contributed by atoms with E-state index in [1.54, 1.807) is 0 Å². The van der Waals surface area contributed by atoms with Gasteiger partial charge in [0.2, 0.25) is 0 Å². The second-order valence-electron chi connectivity index (χ2n) is 4.41. The van der Waals surface area contributed by atoms with Crippen molar-refractivity contribution in [3.63, 3.8) is 0 Å². The summed E-state index contributed by atoms with van der Waals surface area (Å²) in [7, 11) is 0. The van der Waals surface area contributed by atoms with Crippen molar-refractivity contribution in [3.05, 3.63) is 33.8 Å². The maximum atomic E-state index is 6.06. The van der Waals surface area contributed by atoms with E-state index in [-0.39, 0.29) is 0 Å². The van der Waals surface area contributed by atoms with Gasteiger partial charge in [-0.1, -0.05) is 71.9 Å². The van der Waals surface area contributed by atoms with Crippen LogP contribution in [-0.4, -0.2) is 0 Å². The molecule has 1 rings (SSSR count). The zero-order valence-corrected chi connectivity index (χ0v) is 13.4. The van der Waals surface area contributed by atoms with Gasteiger partial charge in [-0.15, -0.1) is 0 Å². The van der Waals surface area contributed by atoms with Crippen molar-refractivity contribution in [2.75, 3.05) is 0 Å². The summed E-state index contributed by atoms with van der Waals surface area (Å²) in [6.45, 7) is 4.47. The molecule has 0 heterocycles. The molecule has 0 fully saturated rings. The Kier molecular flexibility index (Phi) is 6.91. The van der Waals surface area contributed by atoms with E-state index in [9.17, 15) is 0 Å². The molecular formula is C14H19BrCl2. The fourth-order valence-electron chi connectivity index (χ4n) is 2.13. The molecule has 0 nitrogen and oxygen atoms in total. The summed E-state index contributed by atoms with van der Waals surface area (Å²) in [6, 6.07) is 5.91. The summed E-state index contributed by atoms with van der Waals surface area (Å²) in [6.07, 6.45) is 4.91. The maximum Gasteiger partial charge on any atom is 0.0595 e. The highest BCUT2D eigenvalue weighted by Gasteiger charge is 2.19. The topological polar surface area (TPSA) is 0 Å². The minimum atomic E-state index is 0.372. The van der Waals surface area contributed by atoms with Crippen molar-refractivity contribution in [1.82, 2.24) is 0 Å². The molecule has 0 aliphatic carbocycles. The van der Waals surface area contributed by atoms with Crippen molar-refractivity contribution < 1.29 is 0 Å². The fraction of sp³-hybridized carbons (Fsp3) is 0.571. The number of rotatable bonds is 6. The lowest BCUT2D eigenvalue weighted by atomic mass is 9.91. The summed E-state index contributed by atoms with van der Waals surface area (Å²) in [5.41, 5.74) is 1.23. The molecule has 0 amide bonds. The largest absolute Gasteiger partial charge is 0.0836 e. The van der Waals surface area contributed by atoms with Crippen LogP contribution in [0.5, 0.6) is 0 Å². The molecule has 1 aromatic carbocycles. The molecule has 0 radical (unpaired) electrons. The standard InChI is InChI=1S/C14H19BrCl2/c1-3-5-10(6-4-2)14(15)11-7-8-12(16)13(17)9-11/h7-10,14H,3-6H2,1-2H3. The smallest absolute Gasteiger partial charge is 0.0595 e. The zero-order chi connectivity index (χ0) is 12.8. The van der Waals surface area contributed by atoms with Crippen LogP contribution in [-0.2, 0) is 0 Å². The molecule has 96 valence electrons. The molecule has 0 bridgehead atoms. The van der Waals surface area contributed by atoms with Crippen molar-refractivity contribution in [2.45, 2.75) is 44.4 Å². The van der Waals surface area contributed by atoms with E-state index in [1.165, 1.54) is 31.2 Å². The van der Waals surface area contributed by atoms with Crippen LogP contribution in [0.3, 0.4) is 0 Å². The molecule has 0 aliphatic rings. The first-order valence-corrected chi connectivity index (χ1v) is 7.86. The summed E-state index contributed by atoms with van der Waals surface area (Å²) < 4.78 is 0. The van der Waals surface area contributed by atoms with Gasteiger partial charge in [-0.05, 0) is 36.5 Å². The van der Waals surface area contributed by atoms with Gasteiger partial charge in [0.05, 0.1) is 10.0 Å². The highest BCUT2D eigenvalue weighted by Crippen LogP contribution is 2.38. The Hall–Kier alpha value is 0.280. The van der Waals surface area contributed by atoms with Crippen LogP contribution in [0.2, 0.25) is 10.0 Å². The van der Waals surface area contributed by atoms with Crippen LogP contribution in [0.4, 0.5) is 0 Å². The van der Waals surface area contributed by atoms with Gasteiger partial charge in [-0.25, -0.2) is 0 Å². The summed E-state index contributed by atoms with van der Waals surface area (Å²) in [5.74, 6) is 0.669. The quantitative estimate of drug-likeness (QED) is 0.510. The lowest BCUT2D eigenvalue weighted by Crippen LogP contribution is -2.07. The van der Waals surface area contributed by atoms with Gasteiger partial charge in [0.25, 0.3) is 0 Å². The number of hydrogen-bond acceptors (Lipinski definition) is 0. The van der Waals surface area contributed by atoms with Crippen molar-refractivity contribution >= 4 is 39.1 Å². The molecule has 1 unspecified atom stereocenters. The van der Waals surface area contributed by atoms with Crippen molar-refractivity contribution in [3.8, 4) is 0 Å². The van der Waals surface area contributed by atoms with Gasteiger partial charge in [0.15, 0.2) is 0 Å². The molecule has 0 N–H and O–H groups in total. The van der Waals surface area contributed by atoms with Crippen molar-refractivity contribution in [1.29, 1.82) is 0 Å². The van der Waals surface area contributed by atoms with E-state index < -0.39 is 0 Å². The van der Waals surface area contributed by atoms with E-state index >= 15 is 0 Å². The van der Waals surface area contributed by atoms with Crippen LogP contribution in [0, 0.1) is 5.92 Å². The summed E-state index contributed by atoms with van der Waals surface area (Å²) in [5, 5.41) is 1.26. The predicted molar refractivity (Wildman–Crippen MR) is 81.4 cm³/mol. The first kappa shape index (κ1) is 15.3. The molecule has 0 saturated carbocycles. The minimum absolute atomic E-state index is 0.372. The lowest BCUT2D eigenvalue weighted by molar-refractivity contribution is 0.435. The third-order valence-corrected chi connectivity index (χ3v) is 5.01. The molecule has 0 aromatic heterocycles. The molecule has 0 aliphatic heterocycles. The van der Waals surface area contributed by atoms with Gasteiger partial charge in [0.1, 0.15) is 0 Å². The highest BCUT2D eigenvalue weighted by molar-refractivity contribution is 9.09. The number of hydrogen-bond donors (Lipinski definition) is 0. The predicted octanol–water partition coefficient (Wildman–Crippen LogP) is 6.65.